The van der Waals surface area contributed by atoms with Crippen molar-refractivity contribution in [3.05, 3.63) is 0 Å². The van der Waals surface area contributed by atoms with Crippen LogP contribution in [0.3, 0.4) is 0 Å². The summed E-state index contributed by atoms with van der Waals surface area (Å²) in [6.07, 6.45) is 1.67. The molecule has 0 spiro atoms. The SMILES string of the molecule is CCCCOCC(O)CNN. The van der Waals surface area contributed by atoms with E-state index >= 15 is 0 Å². The fourth-order valence-corrected chi connectivity index (χ4v) is 0.661. The molecule has 0 aromatic rings. The summed E-state index contributed by atoms with van der Waals surface area (Å²) in [5, 5.41) is 9.08. The third-order valence-corrected chi connectivity index (χ3v) is 1.31. The largest absolute Gasteiger partial charge is 0.389 e. The van der Waals surface area contributed by atoms with E-state index in [-0.39, 0.29) is 0 Å². The molecule has 0 aliphatic rings. The first kappa shape index (κ1) is 10.8. The average molecular weight is 162 g/mol. The Morgan fingerprint density at radius 1 is 1.64 bits per heavy atom. The van der Waals surface area contributed by atoms with E-state index in [1.54, 1.807) is 0 Å². The van der Waals surface area contributed by atoms with Crippen molar-refractivity contribution in [3.8, 4) is 0 Å². The molecule has 0 saturated carbocycles. The number of rotatable bonds is 7. The molecule has 1 unspecified atom stereocenters. The lowest BCUT2D eigenvalue weighted by Crippen LogP contribution is -2.34. The summed E-state index contributed by atoms with van der Waals surface area (Å²) in [5.74, 6) is 4.99. The van der Waals surface area contributed by atoms with Crippen LogP contribution < -0.4 is 11.3 Å². The summed E-state index contributed by atoms with van der Waals surface area (Å²) in [6, 6.07) is 0. The smallest absolute Gasteiger partial charge is 0.0911 e. The highest BCUT2D eigenvalue weighted by atomic mass is 16.5. The molecule has 0 aliphatic carbocycles. The molecule has 0 rings (SSSR count). The second-order valence-corrected chi connectivity index (χ2v) is 2.49. The molecule has 0 radical (unpaired) electrons. The van der Waals surface area contributed by atoms with Gasteiger partial charge in [0, 0.05) is 13.2 Å². The summed E-state index contributed by atoms with van der Waals surface area (Å²) in [7, 11) is 0. The summed E-state index contributed by atoms with van der Waals surface area (Å²) in [6.45, 7) is 3.57. The molecule has 0 aromatic heterocycles. The molecular formula is C7H18N2O2. The van der Waals surface area contributed by atoms with Crippen molar-refractivity contribution >= 4 is 0 Å². The Hall–Kier alpha value is -0.160. The van der Waals surface area contributed by atoms with Gasteiger partial charge in [-0.3, -0.25) is 11.3 Å². The molecule has 11 heavy (non-hydrogen) atoms. The van der Waals surface area contributed by atoms with E-state index in [0.717, 1.165) is 19.4 Å². The first-order chi connectivity index (χ1) is 5.31. The molecule has 0 bridgehead atoms. The molecule has 0 aromatic carbocycles. The van der Waals surface area contributed by atoms with Crippen LogP contribution in [0.5, 0.6) is 0 Å². The molecular weight excluding hydrogens is 144 g/mol. The van der Waals surface area contributed by atoms with Gasteiger partial charge < -0.3 is 9.84 Å². The molecule has 68 valence electrons. The van der Waals surface area contributed by atoms with Gasteiger partial charge in [-0.1, -0.05) is 13.3 Å². The molecule has 0 fully saturated rings. The molecule has 4 N–H and O–H groups in total. The summed E-state index contributed by atoms with van der Waals surface area (Å²) >= 11 is 0. The molecule has 1 atom stereocenters. The molecule has 0 heterocycles. The Morgan fingerprint density at radius 2 is 2.36 bits per heavy atom. The van der Waals surface area contributed by atoms with E-state index in [1.807, 2.05) is 0 Å². The summed E-state index contributed by atoms with van der Waals surface area (Å²) < 4.78 is 5.14. The standard InChI is InChI=1S/C7H18N2O2/c1-2-3-4-11-6-7(10)5-9-8/h7,9-10H,2-6,8H2,1H3. The topological polar surface area (TPSA) is 67.5 Å². The summed E-state index contributed by atoms with van der Waals surface area (Å²) in [4.78, 5) is 0. The number of nitrogens with one attached hydrogen (secondary N) is 1. The van der Waals surface area contributed by atoms with Crippen molar-refractivity contribution in [2.24, 2.45) is 5.84 Å². The maximum atomic E-state index is 9.08. The Kier molecular flexibility index (Phi) is 7.83. The lowest BCUT2D eigenvalue weighted by molar-refractivity contribution is 0.0360. The van der Waals surface area contributed by atoms with Crippen molar-refractivity contribution in [2.75, 3.05) is 19.8 Å². The minimum atomic E-state index is -0.489. The van der Waals surface area contributed by atoms with Gasteiger partial charge in [0.15, 0.2) is 0 Å². The fraction of sp³-hybridized carbons (Fsp3) is 1.00. The van der Waals surface area contributed by atoms with Crippen molar-refractivity contribution < 1.29 is 9.84 Å². The molecule has 0 saturated heterocycles. The third-order valence-electron chi connectivity index (χ3n) is 1.31. The maximum absolute atomic E-state index is 9.08. The second kappa shape index (κ2) is 7.94. The zero-order chi connectivity index (χ0) is 8.53. The van der Waals surface area contributed by atoms with Crippen LogP contribution in [0.15, 0.2) is 0 Å². The quantitative estimate of drug-likeness (QED) is 0.271. The van der Waals surface area contributed by atoms with Gasteiger partial charge in [-0.15, -0.1) is 0 Å². The fourth-order valence-electron chi connectivity index (χ4n) is 0.661. The van der Waals surface area contributed by atoms with Crippen molar-refractivity contribution in [3.63, 3.8) is 0 Å². The van der Waals surface area contributed by atoms with Crippen LogP contribution in [0.2, 0.25) is 0 Å². The summed E-state index contributed by atoms with van der Waals surface area (Å²) in [5.41, 5.74) is 2.38. The van der Waals surface area contributed by atoms with E-state index < -0.39 is 6.10 Å². The number of nitrogens with two attached hydrogens (primary N) is 1. The van der Waals surface area contributed by atoms with Gasteiger partial charge in [-0.2, -0.15) is 0 Å². The monoisotopic (exact) mass is 162 g/mol. The lowest BCUT2D eigenvalue weighted by atomic mass is 10.3. The molecule has 0 aliphatic heterocycles. The number of hydrogen-bond acceptors (Lipinski definition) is 4. The Labute approximate surface area is 67.7 Å². The van der Waals surface area contributed by atoms with Gasteiger partial charge >= 0.3 is 0 Å². The van der Waals surface area contributed by atoms with Crippen LogP contribution in [0.1, 0.15) is 19.8 Å². The first-order valence-electron chi connectivity index (χ1n) is 4.00. The van der Waals surface area contributed by atoms with Crippen LogP contribution in [0.4, 0.5) is 0 Å². The van der Waals surface area contributed by atoms with Gasteiger partial charge in [-0.05, 0) is 6.42 Å². The third kappa shape index (κ3) is 7.74. The van der Waals surface area contributed by atoms with Crippen LogP contribution >= 0.6 is 0 Å². The van der Waals surface area contributed by atoms with Gasteiger partial charge in [0.2, 0.25) is 0 Å². The van der Waals surface area contributed by atoms with Gasteiger partial charge in [-0.25, -0.2) is 0 Å². The highest BCUT2D eigenvalue weighted by molar-refractivity contribution is 4.53. The molecule has 4 heteroatoms. The number of hydrogen-bond donors (Lipinski definition) is 3. The van der Waals surface area contributed by atoms with Crippen molar-refractivity contribution in [1.29, 1.82) is 0 Å². The predicted molar refractivity (Wildman–Crippen MR) is 43.9 cm³/mol. The predicted octanol–water partition coefficient (Wildman–Crippen LogP) is -0.373. The minimum absolute atomic E-state index is 0.365. The van der Waals surface area contributed by atoms with E-state index in [2.05, 4.69) is 12.3 Å². The number of aliphatic hydroxyl groups excluding tert-OH is 1. The van der Waals surface area contributed by atoms with Crippen LogP contribution in [0, 0.1) is 0 Å². The molecule has 4 nitrogen and oxygen atoms in total. The van der Waals surface area contributed by atoms with E-state index in [0.29, 0.717) is 13.2 Å². The highest BCUT2D eigenvalue weighted by Gasteiger charge is 2.00. The lowest BCUT2D eigenvalue weighted by Gasteiger charge is -2.09. The van der Waals surface area contributed by atoms with Crippen LogP contribution in [-0.2, 0) is 4.74 Å². The van der Waals surface area contributed by atoms with E-state index in [9.17, 15) is 0 Å². The van der Waals surface area contributed by atoms with Crippen molar-refractivity contribution in [2.45, 2.75) is 25.9 Å². The molecule has 0 amide bonds. The average Bonchev–Trinajstić information content (AvgIpc) is 1.99. The van der Waals surface area contributed by atoms with E-state index in [1.165, 1.54) is 0 Å². The number of ether oxygens (including phenoxy) is 1. The Bertz CT molecular complexity index is 80.8. The number of hydrazine groups is 1. The highest BCUT2D eigenvalue weighted by Crippen LogP contribution is 1.89. The number of unbranched alkanes of at least 4 members (excludes halogenated alkanes) is 1. The Morgan fingerprint density at radius 3 is 2.91 bits per heavy atom. The van der Waals surface area contributed by atoms with Gasteiger partial charge in [0.25, 0.3) is 0 Å². The van der Waals surface area contributed by atoms with Crippen LogP contribution in [0.25, 0.3) is 0 Å². The Balaban J connectivity index is 2.97. The maximum Gasteiger partial charge on any atom is 0.0911 e. The first-order valence-corrected chi connectivity index (χ1v) is 4.00. The zero-order valence-corrected chi connectivity index (χ0v) is 7.05. The normalized spacial score (nSPS) is 13.4. The number of aliphatic hydroxyl groups is 1. The van der Waals surface area contributed by atoms with Gasteiger partial charge in [0.1, 0.15) is 0 Å². The van der Waals surface area contributed by atoms with Gasteiger partial charge in [0.05, 0.1) is 12.7 Å². The van der Waals surface area contributed by atoms with E-state index in [4.69, 9.17) is 15.7 Å². The zero-order valence-electron chi connectivity index (χ0n) is 7.05. The second-order valence-electron chi connectivity index (χ2n) is 2.49. The van der Waals surface area contributed by atoms with Crippen molar-refractivity contribution in [1.82, 2.24) is 5.43 Å². The minimum Gasteiger partial charge on any atom is -0.389 e. The van der Waals surface area contributed by atoms with Crippen LogP contribution in [-0.4, -0.2) is 31.0 Å².